The third kappa shape index (κ3) is 4.39. The second kappa shape index (κ2) is 7.85. The Balaban J connectivity index is 1.57. The summed E-state index contributed by atoms with van der Waals surface area (Å²) in [5.41, 5.74) is 0.842. The molecule has 0 aromatic carbocycles. The van der Waals surface area contributed by atoms with Crippen LogP contribution in [-0.4, -0.2) is 50.6 Å². The number of aryl methyl sites for hydroxylation is 2. The lowest BCUT2D eigenvalue weighted by Crippen LogP contribution is -2.45. The molecule has 7 nitrogen and oxygen atoms in total. The van der Waals surface area contributed by atoms with Crippen LogP contribution in [0.2, 0.25) is 0 Å². The number of hydrogen-bond donors (Lipinski definition) is 1. The first-order valence-corrected chi connectivity index (χ1v) is 9.26. The highest BCUT2D eigenvalue weighted by Crippen LogP contribution is 2.19. The molecule has 3 heterocycles. The fourth-order valence-corrected chi connectivity index (χ4v) is 3.69. The van der Waals surface area contributed by atoms with Gasteiger partial charge in [-0.25, -0.2) is 4.68 Å². The van der Waals surface area contributed by atoms with Crippen LogP contribution in [-0.2, 0) is 6.54 Å². The number of piperidine rings is 1. The van der Waals surface area contributed by atoms with Gasteiger partial charge in [-0.05, 0) is 39.3 Å². The van der Waals surface area contributed by atoms with Gasteiger partial charge in [0.15, 0.2) is 0 Å². The van der Waals surface area contributed by atoms with Crippen LogP contribution in [0.1, 0.15) is 30.0 Å². The van der Waals surface area contributed by atoms with Crippen molar-refractivity contribution in [2.75, 3.05) is 25.0 Å². The first-order chi connectivity index (χ1) is 11.6. The molecule has 1 fully saturated rings. The summed E-state index contributed by atoms with van der Waals surface area (Å²) in [7, 11) is 0. The number of anilines is 1. The van der Waals surface area contributed by atoms with E-state index in [9.17, 15) is 4.79 Å². The molecule has 1 aliphatic rings. The van der Waals surface area contributed by atoms with Crippen molar-refractivity contribution in [3.63, 3.8) is 0 Å². The molecule has 8 heteroatoms. The summed E-state index contributed by atoms with van der Waals surface area (Å²) in [6, 6.07) is 3.81. The standard InChI is InChI=1S/C16H24N6OS/c1-12-6-7-15(23)22(20-12)10-9-21-8-4-3-5-14(21)11-17-16-19-18-13(2)24-16/h6-7,14H,3-5,8-11H2,1-2H3,(H,17,19). The highest BCUT2D eigenvalue weighted by Gasteiger charge is 2.22. The Hall–Kier alpha value is -1.80. The predicted molar refractivity (Wildman–Crippen MR) is 95.6 cm³/mol. The molecule has 1 aliphatic heterocycles. The van der Waals surface area contributed by atoms with Gasteiger partial charge in [-0.2, -0.15) is 5.10 Å². The van der Waals surface area contributed by atoms with Crippen molar-refractivity contribution >= 4 is 16.5 Å². The third-order valence-corrected chi connectivity index (χ3v) is 5.16. The van der Waals surface area contributed by atoms with E-state index in [0.717, 1.165) is 35.5 Å². The molecule has 0 amide bonds. The van der Waals surface area contributed by atoms with Crippen molar-refractivity contribution in [3.8, 4) is 0 Å². The van der Waals surface area contributed by atoms with Gasteiger partial charge >= 0.3 is 0 Å². The van der Waals surface area contributed by atoms with Crippen molar-refractivity contribution in [2.24, 2.45) is 0 Å². The smallest absolute Gasteiger partial charge is 0.266 e. The summed E-state index contributed by atoms with van der Waals surface area (Å²) in [4.78, 5) is 14.4. The number of rotatable bonds is 6. The van der Waals surface area contributed by atoms with E-state index in [1.54, 1.807) is 28.2 Å². The Morgan fingerprint density at radius 1 is 1.25 bits per heavy atom. The van der Waals surface area contributed by atoms with Crippen LogP contribution in [0.5, 0.6) is 0 Å². The van der Waals surface area contributed by atoms with Crippen LogP contribution in [0.3, 0.4) is 0 Å². The van der Waals surface area contributed by atoms with E-state index in [2.05, 4.69) is 25.5 Å². The SMILES string of the molecule is Cc1ccc(=O)n(CCN2CCCCC2CNc2nnc(C)s2)n1. The number of nitrogens with zero attached hydrogens (tertiary/aromatic N) is 5. The third-order valence-electron chi connectivity index (χ3n) is 4.36. The van der Waals surface area contributed by atoms with E-state index < -0.39 is 0 Å². The van der Waals surface area contributed by atoms with Crippen molar-refractivity contribution in [2.45, 2.75) is 45.7 Å². The molecule has 1 N–H and O–H groups in total. The fourth-order valence-electron chi connectivity index (χ4n) is 3.09. The zero-order valence-electron chi connectivity index (χ0n) is 14.2. The molecular formula is C16H24N6OS. The minimum Gasteiger partial charge on any atom is -0.359 e. The molecule has 24 heavy (non-hydrogen) atoms. The monoisotopic (exact) mass is 348 g/mol. The number of likely N-dealkylation sites (tertiary alicyclic amines) is 1. The topological polar surface area (TPSA) is 75.9 Å². The molecule has 1 unspecified atom stereocenters. The van der Waals surface area contributed by atoms with Crippen LogP contribution in [0.15, 0.2) is 16.9 Å². The van der Waals surface area contributed by atoms with Gasteiger partial charge in [0.1, 0.15) is 5.01 Å². The van der Waals surface area contributed by atoms with Crippen LogP contribution in [0.25, 0.3) is 0 Å². The Labute approximate surface area is 145 Å². The van der Waals surface area contributed by atoms with E-state index >= 15 is 0 Å². The van der Waals surface area contributed by atoms with Gasteiger partial charge in [0.2, 0.25) is 5.13 Å². The maximum Gasteiger partial charge on any atom is 0.266 e. The van der Waals surface area contributed by atoms with Crippen molar-refractivity contribution < 1.29 is 0 Å². The summed E-state index contributed by atoms with van der Waals surface area (Å²) in [6.45, 7) is 7.29. The van der Waals surface area contributed by atoms with E-state index in [4.69, 9.17) is 0 Å². The summed E-state index contributed by atoms with van der Waals surface area (Å²) in [5, 5.41) is 17.7. The molecule has 1 saturated heterocycles. The minimum atomic E-state index is -0.0309. The first kappa shape index (κ1) is 17.0. The molecule has 1 atom stereocenters. The summed E-state index contributed by atoms with van der Waals surface area (Å²) in [5.74, 6) is 0. The largest absolute Gasteiger partial charge is 0.359 e. The lowest BCUT2D eigenvalue weighted by Gasteiger charge is -2.35. The fraction of sp³-hybridized carbons (Fsp3) is 0.625. The van der Waals surface area contributed by atoms with Gasteiger partial charge in [-0.3, -0.25) is 9.69 Å². The summed E-state index contributed by atoms with van der Waals surface area (Å²) in [6.07, 6.45) is 3.63. The van der Waals surface area contributed by atoms with Crippen LogP contribution < -0.4 is 10.9 Å². The van der Waals surface area contributed by atoms with Gasteiger partial charge in [0.25, 0.3) is 5.56 Å². The van der Waals surface area contributed by atoms with E-state index in [-0.39, 0.29) is 5.56 Å². The summed E-state index contributed by atoms with van der Waals surface area (Å²) < 4.78 is 1.57. The Bertz CT molecular complexity index is 727. The maximum absolute atomic E-state index is 11.9. The van der Waals surface area contributed by atoms with E-state index in [1.165, 1.54) is 19.3 Å². The van der Waals surface area contributed by atoms with E-state index in [1.807, 2.05) is 13.8 Å². The first-order valence-electron chi connectivity index (χ1n) is 8.44. The van der Waals surface area contributed by atoms with Crippen molar-refractivity contribution in [3.05, 3.63) is 33.2 Å². The number of hydrogen-bond acceptors (Lipinski definition) is 7. The van der Waals surface area contributed by atoms with E-state index in [0.29, 0.717) is 12.6 Å². The number of nitrogens with one attached hydrogen (secondary N) is 1. The maximum atomic E-state index is 11.9. The second-order valence-corrected chi connectivity index (χ2v) is 7.41. The van der Waals surface area contributed by atoms with Crippen LogP contribution in [0, 0.1) is 13.8 Å². The van der Waals surface area contributed by atoms with Crippen LogP contribution in [0.4, 0.5) is 5.13 Å². The van der Waals surface area contributed by atoms with Gasteiger partial charge in [0, 0.05) is 25.2 Å². The minimum absolute atomic E-state index is 0.0309. The molecule has 0 bridgehead atoms. The van der Waals surface area contributed by atoms with Crippen molar-refractivity contribution in [1.82, 2.24) is 24.9 Å². The molecule has 130 valence electrons. The quantitative estimate of drug-likeness (QED) is 0.856. The average molecular weight is 348 g/mol. The Kier molecular flexibility index (Phi) is 5.57. The molecule has 2 aromatic heterocycles. The molecule has 0 saturated carbocycles. The van der Waals surface area contributed by atoms with Gasteiger partial charge in [0.05, 0.1) is 12.2 Å². The molecule has 3 rings (SSSR count). The Morgan fingerprint density at radius 3 is 2.92 bits per heavy atom. The Morgan fingerprint density at radius 2 is 2.12 bits per heavy atom. The zero-order chi connectivity index (χ0) is 16.9. The molecule has 0 radical (unpaired) electrons. The van der Waals surface area contributed by atoms with Crippen LogP contribution >= 0.6 is 11.3 Å². The highest BCUT2D eigenvalue weighted by atomic mass is 32.1. The molecule has 2 aromatic rings. The second-order valence-electron chi connectivity index (χ2n) is 6.23. The van der Waals surface area contributed by atoms with Gasteiger partial charge in [-0.15, -0.1) is 10.2 Å². The average Bonchev–Trinajstić information content (AvgIpc) is 3.00. The summed E-state index contributed by atoms with van der Waals surface area (Å²) >= 11 is 1.58. The molecule has 0 aliphatic carbocycles. The molecule has 0 spiro atoms. The highest BCUT2D eigenvalue weighted by molar-refractivity contribution is 7.15. The normalized spacial score (nSPS) is 18.7. The molecular weight excluding hydrogens is 324 g/mol. The van der Waals surface area contributed by atoms with Gasteiger partial charge in [-0.1, -0.05) is 17.8 Å². The number of aromatic nitrogens is 4. The lowest BCUT2D eigenvalue weighted by molar-refractivity contribution is 0.148. The van der Waals surface area contributed by atoms with Gasteiger partial charge < -0.3 is 5.32 Å². The zero-order valence-corrected chi connectivity index (χ0v) is 15.1. The predicted octanol–water partition coefficient (Wildman–Crippen LogP) is 1.68. The van der Waals surface area contributed by atoms with Crippen molar-refractivity contribution in [1.29, 1.82) is 0 Å². The lowest BCUT2D eigenvalue weighted by atomic mass is 10.0.